The fourth-order valence-corrected chi connectivity index (χ4v) is 1.74. The van der Waals surface area contributed by atoms with Gasteiger partial charge in [0.1, 0.15) is 5.75 Å². The monoisotopic (exact) mass is 213 g/mol. The topological polar surface area (TPSA) is 29.5 Å². The van der Waals surface area contributed by atoms with Gasteiger partial charge in [-0.3, -0.25) is 0 Å². The highest BCUT2D eigenvalue weighted by Crippen LogP contribution is 2.23. The smallest absolute Gasteiger partial charge is 0.409 e. The maximum Gasteiger partial charge on any atom is 0.415 e. The van der Waals surface area contributed by atoms with Crippen LogP contribution in [0, 0.1) is 6.92 Å². The third-order valence-electron chi connectivity index (χ3n) is 2.03. The van der Waals surface area contributed by atoms with Crippen LogP contribution in [-0.2, 0) is 0 Å². The van der Waals surface area contributed by atoms with Crippen LogP contribution in [0.2, 0.25) is 0 Å². The Bertz CT molecular complexity index is 305. The van der Waals surface area contributed by atoms with E-state index in [9.17, 15) is 4.79 Å². The minimum Gasteiger partial charge on any atom is -0.409 e. The molecule has 1 aromatic rings. The van der Waals surface area contributed by atoms with Gasteiger partial charge in [0.2, 0.25) is 0 Å². The summed E-state index contributed by atoms with van der Waals surface area (Å²) in [4.78, 5) is 14.2. The van der Waals surface area contributed by atoms with Gasteiger partial charge in [0.15, 0.2) is 0 Å². The average Bonchev–Trinajstić information content (AvgIpc) is 2.54. The molecule has 0 aliphatic heterocycles. The van der Waals surface area contributed by atoms with E-state index in [1.54, 1.807) is 16.2 Å². The molecule has 4 heteroatoms. The third-order valence-corrected chi connectivity index (χ3v) is 2.86. The van der Waals surface area contributed by atoms with E-state index < -0.39 is 0 Å². The second kappa shape index (κ2) is 5.00. The molecule has 0 saturated carbocycles. The Morgan fingerprint density at radius 3 is 2.57 bits per heavy atom. The summed E-state index contributed by atoms with van der Waals surface area (Å²) in [5.41, 5.74) is 0. The number of hydrogen-bond donors (Lipinski definition) is 0. The number of ether oxygens (including phenoxy) is 1. The van der Waals surface area contributed by atoms with E-state index in [-0.39, 0.29) is 6.09 Å². The molecule has 0 fully saturated rings. The first-order chi connectivity index (χ1) is 6.69. The van der Waals surface area contributed by atoms with Gasteiger partial charge in [-0.2, -0.15) is 0 Å². The first kappa shape index (κ1) is 11.0. The minimum absolute atomic E-state index is 0.267. The number of carbonyl (C=O) groups is 1. The highest BCUT2D eigenvalue weighted by molar-refractivity contribution is 7.10. The van der Waals surface area contributed by atoms with Crippen molar-refractivity contribution in [3.05, 3.63) is 16.3 Å². The lowest BCUT2D eigenvalue weighted by atomic mass is 10.5. The largest absolute Gasteiger partial charge is 0.415 e. The summed E-state index contributed by atoms with van der Waals surface area (Å²) in [5.74, 6) is 0.673. The van der Waals surface area contributed by atoms with Gasteiger partial charge >= 0.3 is 6.09 Å². The van der Waals surface area contributed by atoms with Crippen LogP contribution in [0.4, 0.5) is 4.79 Å². The van der Waals surface area contributed by atoms with Crippen molar-refractivity contribution >= 4 is 17.4 Å². The second-order valence-corrected chi connectivity index (χ2v) is 4.00. The van der Waals surface area contributed by atoms with Crippen LogP contribution in [0.25, 0.3) is 0 Å². The summed E-state index contributed by atoms with van der Waals surface area (Å²) in [5, 5.41) is 1.92. The van der Waals surface area contributed by atoms with Gasteiger partial charge in [-0.25, -0.2) is 4.79 Å². The van der Waals surface area contributed by atoms with Crippen molar-refractivity contribution < 1.29 is 9.53 Å². The lowest BCUT2D eigenvalue weighted by Gasteiger charge is -2.17. The molecule has 1 rings (SSSR count). The van der Waals surface area contributed by atoms with Crippen molar-refractivity contribution in [2.45, 2.75) is 20.8 Å². The zero-order valence-corrected chi connectivity index (χ0v) is 9.56. The van der Waals surface area contributed by atoms with E-state index in [0.29, 0.717) is 18.8 Å². The Morgan fingerprint density at radius 2 is 2.14 bits per heavy atom. The third kappa shape index (κ3) is 2.48. The zero-order valence-electron chi connectivity index (χ0n) is 8.74. The van der Waals surface area contributed by atoms with E-state index in [1.165, 1.54) is 0 Å². The predicted molar refractivity (Wildman–Crippen MR) is 58.0 cm³/mol. The highest BCUT2D eigenvalue weighted by Gasteiger charge is 2.13. The van der Waals surface area contributed by atoms with Gasteiger partial charge < -0.3 is 9.64 Å². The Kier molecular flexibility index (Phi) is 3.95. The molecule has 14 heavy (non-hydrogen) atoms. The molecule has 0 aliphatic carbocycles. The normalized spacial score (nSPS) is 9.93. The van der Waals surface area contributed by atoms with E-state index in [1.807, 2.05) is 32.2 Å². The standard InChI is InChI=1S/C10H15NO2S/c1-4-11(5-2)10(12)13-9-6-7-14-8(9)3/h6-7H,4-5H2,1-3H3. The minimum atomic E-state index is -0.267. The van der Waals surface area contributed by atoms with Gasteiger partial charge in [-0.05, 0) is 32.2 Å². The van der Waals surface area contributed by atoms with Crippen molar-refractivity contribution in [2.24, 2.45) is 0 Å². The van der Waals surface area contributed by atoms with Gasteiger partial charge in [0.25, 0.3) is 0 Å². The maximum absolute atomic E-state index is 11.5. The fourth-order valence-electron chi connectivity index (χ4n) is 1.12. The molecule has 0 bridgehead atoms. The highest BCUT2D eigenvalue weighted by atomic mass is 32.1. The summed E-state index contributed by atoms with van der Waals surface area (Å²) in [7, 11) is 0. The van der Waals surface area contributed by atoms with Crippen LogP contribution >= 0.6 is 11.3 Å². The molecule has 0 spiro atoms. The van der Waals surface area contributed by atoms with Gasteiger partial charge in [-0.15, -0.1) is 11.3 Å². The van der Waals surface area contributed by atoms with Crippen molar-refractivity contribution in [3.63, 3.8) is 0 Å². The lowest BCUT2D eigenvalue weighted by Crippen LogP contribution is -2.33. The lowest BCUT2D eigenvalue weighted by molar-refractivity contribution is 0.157. The molecule has 1 aromatic heterocycles. The molecule has 1 amide bonds. The molecule has 78 valence electrons. The summed E-state index contributed by atoms with van der Waals surface area (Å²) in [6.07, 6.45) is -0.267. The van der Waals surface area contributed by atoms with Crippen LogP contribution in [0.5, 0.6) is 5.75 Å². The number of aryl methyl sites for hydroxylation is 1. The molecule has 0 aliphatic rings. The molecular formula is C10H15NO2S. The Balaban J connectivity index is 2.61. The first-order valence-corrected chi connectivity index (χ1v) is 5.57. The molecule has 0 radical (unpaired) electrons. The Labute approximate surface area is 88.3 Å². The van der Waals surface area contributed by atoms with Crippen LogP contribution < -0.4 is 4.74 Å². The number of carbonyl (C=O) groups excluding carboxylic acids is 1. The molecule has 0 N–H and O–H groups in total. The summed E-state index contributed by atoms with van der Waals surface area (Å²) >= 11 is 1.58. The van der Waals surface area contributed by atoms with E-state index >= 15 is 0 Å². The quantitative estimate of drug-likeness (QED) is 0.772. The van der Waals surface area contributed by atoms with Crippen LogP contribution in [0.3, 0.4) is 0 Å². The van der Waals surface area contributed by atoms with Crippen LogP contribution in [0.15, 0.2) is 11.4 Å². The van der Waals surface area contributed by atoms with Crippen molar-refractivity contribution in [3.8, 4) is 5.75 Å². The molecule has 0 aromatic carbocycles. The molecule has 1 heterocycles. The molecule has 0 atom stereocenters. The first-order valence-electron chi connectivity index (χ1n) is 4.69. The fraction of sp³-hybridized carbons (Fsp3) is 0.500. The summed E-state index contributed by atoms with van der Waals surface area (Å²) in [6, 6.07) is 1.82. The molecule has 0 saturated heterocycles. The number of nitrogens with zero attached hydrogens (tertiary/aromatic N) is 1. The van der Waals surface area contributed by atoms with Crippen molar-refractivity contribution in [1.29, 1.82) is 0 Å². The van der Waals surface area contributed by atoms with Crippen molar-refractivity contribution in [2.75, 3.05) is 13.1 Å². The van der Waals surface area contributed by atoms with Crippen LogP contribution in [0.1, 0.15) is 18.7 Å². The summed E-state index contributed by atoms with van der Waals surface area (Å²) in [6.45, 7) is 7.17. The van der Waals surface area contributed by atoms with E-state index in [2.05, 4.69) is 0 Å². The zero-order chi connectivity index (χ0) is 10.6. The van der Waals surface area contributed by atoms with Gasteiger partial charge in [-0.1, -0.05) is 0 Å². The van der Waals surface area contributed by atoms with E-state index in [0.717, 1.165) is 4.88 Å². The number of amides is 1. The predicted octanol–water partition coefficient (Wildman–Crippen LogP) is 2.90. The van der Waals surface area contributed by atoms with E-state index in [4.69, 9.17) is 4.74 Å². The SMILES string of the molecule is CCN(CC)C(=O)Oc1ccsc1C. The van der Waals surface area contributed by atoms with Crippen molar-refractivity contribution in [1.82, 2.24) is 4.90 Å². The van der Waals surface area contributed by atoms with Gasteiger partial charge in [0, 0.05) is 18.0 Å². The second-order valence-electron chi connectivity index (χ2n) is 2.88. The Hall–Kier alpha value is -1.03. The summed E-state index contributed by atoms with van der Waals surface area (Å²) < 4.78 is 5.23. The number of thiophene rings is 1. The molecule has 0 unspecified atom stereocenters. The van der Waals surface area contributed by atoms with Crippen LogP contribution in [-0.4, -0.2) is 24.1 Å². The molecule has 3 nitrogen and oxygen atoms in total. The Morgan fingerprint density at radius 1 is 1.50 bits per heavy atom. The maximum atomic E-state index is 11.5. The van der Waals surface area contributed by atoms with Gasteiger partial charge in [0.05, 0.1) is 0 Å². The molecular weight excluding hydrogens is 198 g/mol. The number of hydrogen-bond acceptors (Lipinski definition) is 3. The average molecular weight is 213 g/mol. The number of rotatable bonds is 3.